The molecule has 0 aromatic heterocycles. The Labute approximate surface area is 130 Å². The van der Waals surface area contributed by atoms with E-state index in [0.717, 1.165) is 13.1 Å². The van der Waals surface area contributed by atoms with E-state index in [4.69, 9.17) is 5.73 Å². The standard InChI is InChI=1S/C19H32N2/c1-4-17(5-2)15-21-16-19(18(6-3)11-14-20)12-9-7-8-10-13-19/h4-6,11,14,21H,1,7-10,12-13,15-16,20H2,2-3H3/b14-11-,17-5+,18-6+. The van der Waals surface area contributed by atoms with Gasteiger partial charge in [0.25, 0.3) is 0 Å². The number of hydrogen-bond acceptors (Lipinski definition) is 2. The second kappa shape index (κ2) is 9.62. The molecular weight excluding hydrogens is 256 g/mol. The zero-order chi connectivity index (χ0) is 15.6. The first-order valence-corrected chi connectivity index (χ1v) is 8.26. The van der Waals surface area contributed by atoms with Crippen LogP contribution in [0.15, 0.2) is 48.2 Å². The summed E-state index contributed by atoms with van der Waals surface area (Å²) < 4.78 is 0. The predicted molar refractivity (Wildman–Crippen MR) is 94.0 cm³/mol. The zero-order valence-electron chi connectivity index (χ0n) is 13.8. The molecule has 0 aromatic carbocycles. The molecule has 3 N–H and O–H groups in total. The van der Waals surface area contributed by atoms with Crippen molar-refractivity contribution in [2.75, 3.05) is 13.1 Å². The Bertz CT molecular complexity index is 394. The van der Waals surface area contributed by atoms with Gasteiger partial charge in [0.05, 0.1) is 0 Å². The quantitative estimate of drug-likeness (QED) is 0.536. The fourth-order valence-corrected chi connectivity index (χ4v) is 3.39. The molecule has 0 radical (unpaired) electrons. The maximum absolute atomic E-state index is 5.67. The summed E-state index contributed by atoms with van der Waals surface area (Å²) >= 11 is 0. The lowest BCUT2D eigenvalue weighted by Crippen LogP contribution is -2.36. The molecule has 0 aromatic rings. The van der Waals surface area contributed by atoms with E-state index < -0.39 is 0 Å². The van der Waals surface area contributed by atoms with E-state index in [-0.39, 0.29) is 5.41 Å². The van der Waals surface area contributed by atoms with Crippen LogP contribution in [0, 0.1) is 5.41 Å². The summed E-state index contributed by atoms with van der Waals surface area (Å²) in [4.78, 5) is 0. The number of nitrogens with one attached hydrogen (secondary N) is 1. The van der Waals surface area contributed by atoms with Crippen molar-refractivity contribution in [2.45, 2.75) is 52.4 Å². The second-order valence-corrected chi connectivity index (χ2v) is 5.97. The van der Waals surface area contributed by atoms with E-state index in [9.17, 15) is 0 Å². The molecule has 0 aliphatic heterocycles. The van der Waals surface area contributed by atoms with Gasteiger partial charge in [-0.2, -0.15) is 0 Å². The van der Waals surface area contributed by atoms with E-state index in [1.807, 2.05) is 6.08 Å². The van der Waals surface area contributed by atoms with Crippen molar-refractivity contribution in [3.63, 3.8) is 0 Å². The summed E-state index contributed by atoms with van der Waals surface area (Å²) in [6.45, 7) is 9.97. The van der Waals surface area contributed by atoms with E-state index >= 15 is 0 Å². The van der Waals surface area contributed by atoms with Gasteiger partial charge < -0.3 is 11.1 Å². The summed E-state index contributed by atoms with van der Waals surface area (Å²) in [6, 6.07) is 0. The third-order valence-corrected chi connectivity index (χ3v) is 4.69. The summed E-state index contributed by atoms with van der Waals surface area (Å²) in [7, 11) is 0. The van der Waals surface area contributed by atoms with Gasteiger partial charge in [0.2, 0.25) is 0 Å². The van der Waals surface area contributed by atoms with E-state index in [1.165, 1.54) is 49.7 Å². The van der Waals surface area contributed by atoms with Crippen molar-refractivity contribution < 1.29 is 0 Å². The molecule has 118 valence electrons. The van der Waals surface area contributed by atoms with Crippen LogP contribution in [0.25, 0.3) is 0 Å². The minimum atomic E-state index is 0.237. The van der Waals surface area contributed by atoms with Crippen molar-refractivity contribution in [3.05, 3.63) is 48.2 Å². The second-order valence-electron chi connectivity index (χ2n) is 5.97. The maximum Gasteiger partial charge on any atom is 0.0202 e. The lowest BCUT2D eigenvalue weighted by molar-refractivity contribution is 0.298. The van der Waals surface area contributed by atoms with Gasteiger partial charge in [0.15, 0.2) is 0 Å². The lowest BCUT2D eigenvalue weighted by Gasteiger charge is -2.35. The monoisotopic (exact) mass is 288 g/mol. The molecule has 2 heteroatoms. The normalized spacial score (nSPS) is 20.5. The van der Waals surface area contributed by atoms with Gasteiger partial charge in [-0.25, -0.2) is 0 Å². The highest BCUT2D eigenvalue weighted by molar-refractivity contribution is 5.27. The minimum Gasteiger partial charge on any atom is -0.405 e. The van der Waals surface area contributed by atoms with Crippen LogP contribution in [0.2, 0.25) is 0 Å². The minimum absolute atomic E-state index is 0.237. The summed E-state index contributed by atoms with van der Waals surface area (Å²) in [6.07, 6.45) is 17.9. The Hall–Kier alpha value is -1.28. The summed E-state index contributed by atoms with van der Waals surface area (Å²) in [5.41, 5.74) is 8.55. The number of nitrogens with two attached hydrogens (primary N) is 1. The highest BCUT2D eigenvalue weighted by atomic mass is 14.9. The molecule has 1 aliphatic carbocycles. The molecule has 0 saturated heterocycles. The maximum atomic E-state index is 5.67. The van der Waals surface area contributed by atoms with Crippen molar-refractivity contribution in [1.29, 1.82) is 0 Å². The van der Waals surface area contributed by atoms with Gasteiger partial charge in [-0.3, -0.25) is 0 Å². The van der Waals surface area contributed by atoms with Crippen molar-refractivity contribution in [1.82, 2.24) is 5.32 Å². The van der Waals surface area contributed by atoms with E-state index in [1.54, 1.807) is 6.20 Å². The summed E-state index contributed by atoms with van der Waals surface area (Å²) in [5.74, 6) is 0. The van der Waals surface area contributed by atoms with E-state index in [0.29, 0.717) is 0 Å². The third kappa shape index (κ3) is 5.20. The van der Waals surface area contributed by atoms with Gasteiger partial charge >= 0.3 is 0 Å². The van der Waals surface area contributed by atoms with Crippen molar-refractivity contribution in [2.24, 2.45) is 11.1 Å². The van der Waals surface area contributed by atoms with Crippen molar-refractivity contribution in [3.8, 4) is 0 Å². The van der Waals surface area contributed by atoms with Gasteiger partial charge in [-0.05, 0) is 50.1 Å². The average Bonchev–Trinajstić information content (AvgIpc) is 2.75. The molecule has 0 bridgehead atoms. The highest BCUT2D eigenvalue weighted by Gasteiger charge is 2.32. The molecule has 0 unspecified atom stereocenters. The van der Waals surface area contributed by atoms with Crippen LogP contribution in [0.4, 0.5) is 0 Å². The topological polar surface area (TPSA) is 38.0 Å². The molecule has 1 fully saturated rings. The highest BCUT2D eigenvalue weighted by Crippen LogP contribution is 2.41. The van der Waals surface area contributed by atoms with Crippen LogP contribution in [0.5, 0.6) is 0 Å². The molecule has 0 heterocycles. The Morgan fingerprint density at radius 2 is 1.81 bits per heavy atom. The molecule has 1 saturated carbocycles. The average molecular weight is 288 g/mol. The Kier molecular flexibility index (Phi) is 8.14. The van der Waals surface area contributed by atoms with Gasteiger partial charge in [0, 0.05) is 18.5 Å². The fourth-order valence-electron chi connectivity index (χ4n) is 3.39. The van der Waals surface area contributed by atoms with Crippen LogP contribution < -0.4 is 11.1 Å². The molecule has 0 atom stereocenters. The fraction of sp³-hybridized carbons (Fsp3) is 0.579. The third-order valence-electron chi connectivity index (χ3n) is 4.69. The lowest BCUT2D eigenvalue weighted by atomic mass is 9.73. The van der Waals surface area contributed by atoms with Crippen molar-refractivity contribution >= 4 is 0 Å². The van der Waals surface area contributed by atoms with Crippen LogP contribution >= 0.6 is 0 Å². The molecular formula is C19H32N2. The predicted octanol–water partition coefficient (Wildman–Crippen LogP) is 4.47. The smallest absolute Gasteiger partial charge is 0.0202 e. The SMILES string of the molecule is C=C/C(=C\C)CNCC1(C(/C=C\N)=C/C)CCCCCC1. The molecule has 0 amide bonds. The summed E-state index contributed by atoms with van der Waals surface area (Å²) in [5, 5.41) is 3.64. The van der Waals surface area contributed by atoms with Crippen LogP contribution in [0.1, 0.15) is 52.4 Å². The van der Waals surface area contributed by atoms with Crippen LogP contribution in [-0.2, 0) is 0 Å². The molecule has 2 nitrogen and oxygen atoms in total. The molecule has 1 rings (SSSR count). The first kappa shape index (κ1) is 17.8. The Morgan fingerprint density at radius 1 is 1.14 bits per heavy atom. The van der Waals surface area contributed by atoms with E-state index in [2.05, 4.69) is 44.0 Å². The largest absolute Gasteiger partial charge is 0.405 e. The van der Waals surface area contributed by atoms with Crippen LogP contribution in [-0.4, -0.2) is 13.1 Å². The number of rotatable bonds is 7. The van der Waals surface area contributed by atoms with Gasteiger partial charge in [-0.15, -0.1) is 0 Å². The molecule has 0 spiro atoms. The van der Waals surface area contributed by atoms with Gasteiger partial charge in [-0.1, -0.05) is 50.5 Å². The van der Waals surface area contributed by atoms with Gasteiger partial charge in [0.1, 0.15) is 0 Å². The Balaban J connectivity index is 2.83. The first-order valence-electron chi connectivity index (χ1n) is 8.26. The number of hydrogen-bond donors (Lipinski definition) is 2. The van der Waals surface area contributed by atoms with Crippen LogP contribution in [0.3, 0.4) is 0 Å². The number of allylic oxidation sites excluding steroid dienone is 3. The zero-order valence-corrected chi connectivity index (χ0v) is 13.8. The molecule has 1 aliphatic rings. The first-order chi connectivity index (χ1) is 10.2. The Morgan fingerprint density at radius 3 is 2.29 bits per heavy atom. The molecule has 21 heavy (non-hydrogen) atoms.